The summed E-state index contributed by atoms with van der Waals surface area (Å²) in [5.74, 6) is 0. The van der Waals surface area contributed by atoms with Gasteiger partial charge in [-0.3, -0.25) is 10.1 Å². The molecule has 0 aliphatic heterocycles. The number of para-hydroxylation sites is 2. The van der Waals surface area contributed by atoms with Gasteiger partial charge in [-0.1, -0.05) is 12.1 Å². The summed E-state index contributed by atoms with van der Waals surface area (Å²) in [6.07, 6.45) is 1.64. The number of nitrogens with zero attached hydrogens (tertiary/aromatic N) is 3. The van der Waals surface area contributed by atoms with E-state index in [0.29, 0.717) is 17.0 Å². The number of pyridine rings is 2. The first kappa shape index (κ1) is 15.3. The lowest BCUT2D eigenvalue weighted by Crippen LogP contribution is -2.20. The number of urea groups is 1. The highest BCUT2D eigenvalue weighted by Gasteiger charge is 2.15. The molecule has 120 valence electrons. The number of aryl methyl sites for hydroxylation is 1. The lowest BCUT2D eigenvalue weighted by molar-refractivity contribution is -0.383. The van der Waals surface area contributed by atoms with Crippen molar-refractivity contribution in [3.05, 3.63) is 64.5 Å². The van der Waals surface area contributed by atoms with Gasteiger partial charge in [0.1, 0.15) is 5.69 Å². The van der Waals surface area contributed by atoms with E-state index in [2.05, 4.69) is 20.6 Å². The van der Waals surface area contributed by atoms with E-state index in [1.165, 1.54) is 18.2 Å². The van der Waals surface area contributed by atoms with Gasteiger partial charge < -0.3 is 10.6 Å². The second-order valence-corrected chi connectivity index (χ2v) is 5.02. The van der Waals surface area contributed by atoms with Crippen molar-refractivity contribution in [1.82, 2.24) is 9.97 Å². The van der Waals surface area contributed by atoms with Gasteiger partial charge in [0, 0.05) is 17.6 Å². The van der Waals surface area contributed by atoms with Gasteiger partial charge in [-0.2, -0.15) is 0 Å². The minimum Gasteiger partial charge on any atom is -0.306 e. The van der Waals surface area contributed by atoms with Gasteiger partial charge in [-0.15, -0.1) is 0 Å². The summed E-state index contributed by atoms with van der Waals surface area (Å²) in [7, 11) is 0. The molecule has 0 aliphatic rings. The first-order valence-corrected chi connectivity index (χ1v) is 7.08. The highest BCUT2D eigenvalue weighted by atomic mass is 16.6. The Bertz CT molecular complexity index is 942. The fraction of sp³-hybridized carbons (Fsp3) is 0.0625. The summed E-state index contributed by atoms with van der Waals surface area (Å²) >= 11 is 0. The van der Waals surface area contributed by atoms with Crippen LogP contribution in [0.1, 0.15) is 5.69 Å². The normalized spacial score (nSPS) is 10.4. The SMILES string of the molecule is Cc1nc2ncccc2cc1NC(=O)Nc1ccccc1[N+](=O)[O-]. The summed E-state index contributed by atoms with van der Waals surface area (Å²) < 4.78 is 0. The molecule has 2 aromatic heterocycles. The van der Waals surface area contributed by atoms with E-state index >= 15 is 0 Å². The molecule has 0 atom stereocenters. The van der Waals surface area contributed by atoms with Crippen molar-refractivity contribution in [2.24, 2.45) is 0 Å². The van der Waals surface area contributed by atoms with Crippen LogP contribution in [0.2, 0.25) is 0 Å². The van der Waals surface area contributed by atoms with E-state index in [4.69, 9.17) is 0 Å². The third kappa shape index (κ3) is 3.12. The van der Waals surface area contributed by atoms with E-state index < -0.39 is 11.0 Å². The number of nitro groups is 1. The molecule has 0 aliphatic carbocycles. The molecule has 0 spiro atoms. The highest BCUT2D eigenvalue weighted by molar-refractivity contribution is 6.02. The summed E-state index contributed by atoms with van der Waals surface area (Å²) in [5.41, 5.74) is 1.63. The van der Waals surface area contributed by atoms with Crippen LogP contribution in [0.15, 0.2) is 48.7 Å². The maximum Gasteiger partial charge on any atom is 0.323 e. The monoisotopic (exact) mass is 323 g/mol. The number of carbonyl (C=O) groups excluding carboxylic acids is 1. The molecule has 8 heteroatoms. The van der Waals surface area contributed by atoms with Crippen LogP contribution in [0.3, 0.4) is 0 Å². The zero-order valence-electron chi connectivity index (χ0n) is 12.7. The Balaban J connectivity index is 1.83. The molecule has 0 bridgehead atoms. The number of hydrogen-bond donors (Lipinski definition) is 2. The molecule has 8 nitrogen and oxygen atoms in total. The van der Waals surface area contributed by atoms with E-state index in [1.54, 1.807) is 31.3 Å². The van der Waals surface area contributed by atoms with E-state index in [0.717, 1.165) is 5.39 Å². The van der Waals surface area contributed by atoms with Crippen molar-refractivity contribution in [1.29, 1.82) is 0 Å². The number of anilines is 2. The van der Waals surface area contributed by atoms with E-state index in [9.17, 15) is 14.9 Å². The van der Waals surface area contributed by atoms with Crippen LogP contribution < -0.4 is 10.6 Å². The molecular formula is C16H13N5O3. The second-order valence-electron chi connectivity index (χ2n) is 5.02. The van der Waals surface area contributed by atoms with Crippen LogP contribution in [0, 0.1) is 17.0 Å². The maximum atomic E-state index is 12.2. The van der Waals surface area contributed by atoms with E-state index in [-0.39, 0.29) is 11.4 Å². The minimum absolute atomic E-state index is 0.119. The maximum absolute atomic E-state index is 12.2. The minimum atomic E-state index is -0.586. The number of nitro benzene ring substituents is 1. The number of fused-ring (bicyclic) bond motifs is 1. The Morgan fingerprint density at radius 3 is 2.67 bits per heavy atom. The largest absolute Gasteiger partial charge is 0.323 e. The van der Waals surface area contributed by atoms with Crippen LogP contribution in [0.5, 0.6) is 0 Å². The van der Waals surface area contributed by atoms with Gasteiger partial charge in [0.2, 0.25) is 0 Å². The molecular weight excluding hydrogens is 310 g/mol. The van der Waals surface area contributed by atoms with Crippen molar-refractivity contribution < 1.29 is 9.72 Å². The Morgan fingerprint density at radius 2 is 1.88 bits per heavy atom. The number of rotatable bonds is 3. The molecule has 3 rings (SSSR count). The van der Waals surface area contributed by atoms with Gasteiger partial charge in [0.25, 0.3) is 5.69 Å². The summed E-state index contributed by atoms with van der Waals surface area (Å²) in [4.78, 5) is 31.1. The zero-order valence-corrected chi connectivity index (χ0v) is 12.7. The summed E-state index contributed by atoms with van der Waals surface area (Å²) in [6.45, 7) is 1.74. The number of carbonyl (C=O) groups is 1. The molecule has 0 saturated heterocycles. The second kappa shape index (κ2) is 6.29. The van der Waals surface area contributed by atoms with Gasteiger partial charge in [0.05, 0.1) is 16.3 Å². The Kier molecular flexibility index (Phi) is 4.02. The molecule has 0 radical (unpaired) electrons. The number of amides is 2. The smallest absolute Gasteiger partial charge is 0.306 e. The highest BCUT2D eigenvalue weighted by Crippen LogP contribution is 2.24. The van der Waals surface area contributed by atoms with Crippen molar-refractivity contribution in [2.45, 2.75) is 6.92 Å². The fourth-order valence-corrected chi connectivity index (χ4v) is 2.24. The van der Waals surface area contributed by atoms with Gasteiger partial charge in [-0.25, -0.2) is 14.8 Å². The summed E-state index contributed by atoms with van der Waals surface area (Å²) in [5, 5.41) is 16.9. The number of hydrogen-bond acceptors (Lipinski definition) is 5. The zero-order chi connectivity index (χ0) is 17.1. The lowest BCUT2D eigenvalue weighted by Gasteiger charge is -2.10. The van der Waals surface area contributed by atoms with Crippen LogP contribution in [0.25, 0.3) is 11.0 Å². The van der Waals surface area contributed by atoms with Gasteiger partial charge in [-0.05, 0) is 31.2 Å². The fourth-order valence-electron chi connectivity index (χ4n) is 2.24. The topological polar surface area (TPSA) is 110 Å². The molecule has 0 unspecified atom stereocenters. The molecule has 2 heterocycles. The molecule has 2 amide bonds. The van der Waals surface area contributed by atoms with E-state index in [1.807, 2.05) is 6.07 Å². The first-order valence-electron chi connectivity index (χ1n) is 7.08. The van der Waals surface area contributed by atoms with Crippen molar-refractivity contribution >= 4 is 34.1 Å². The lowest BCUT2D eigenvalue weighted by atomic mass is 10.2. The standard InChI is InChI=1S/C16H13N5O3/c1-10-13(9-11-5-4-8-17-15(11)18-10)20-16(22)19-12-6-2-3-7-14(12)21(23)24/h2-9H,1H3,(H2,19,20,22). The number of nitrogens with one attached hydrogen (secondary N) is 2. The average Bonchev–Trinajstić information content (AvgIpc) is 2.55. The Hall–Kier alpha value is -3.55. The predicted octanol–water partition coefficient (Wildman–Crippen LogP) is 3.49. The molecule has 3 aromatic rings. The molecule has 24 heavy (non-hydrogen) atoms. The van der Waals surface area contributed by atoms with Crippen molar-refractivity contribution in [3.63, 3.8) is 0 Å². The number of aromatic nitrogens is 2. The van der Waals surface area contributed by atoms with Gasteiger partial charge in [0.15, 0.2) is 5.65 Å². The number of benzene rings is 1. The third-order valence-electron chi connectivity index (χ3n) is 3.38. The van der Waals surface area contributed by atoms with Crippen molar-refractivity contribution in [3.8, 4) is 0 Å². The Morgan fingerprint density at radius 1 is 1.12 bits per heavy atom. The summed E-state index contributed by atoms with van der Waals surface area (Å²) in [6, 6.07) is 10.7. The van der Waals surface area contributed by atoms with Crippen LogP contribution in [0.4, 0.5) is 21.9 Å². The van der Waals surface area contributed by atoms with Crippen molar-refractivity contribution in [2.75, 3.05) is 10.6 Å². The quantitative estimate of drug-likeness (QED) is 0.566. The van der Waals surface area contributed by atoms with Crippen LogP contribution >= 0.6 is 0 Å². The molecule has 0 fully saturated rings. The molecule has 2 N–H and O–H groups in total. The third-order valence-corrected chi connectivity index (χ3v) is 3.38. The van der Waals surface area contributed by atoms with Crippen LogP contribution in [-0.2, 0) is 0 Å². The predicted molar refractivity (Wildman–Crippen MR) is 90.0 cm³/mol. The molecule has 1 aromatic carbocycles. The first-order chi connectivity index (χ1) is 11.5. The Labute approximate surface area is 136 Å². The van der Waals surface area contributed by atoms with Gasteiger partial charge >= 0.3 is 6.03 Å². The van der Waals surface area contributed by atoms with Crippen LogP contribution in [-0.4, -0.2) is 20.9 Å². The average molecular weight is 323 g/mol. The molecule has 0 saturated carbocycles.